The fourth-order valence-corrected chi connectivity index (χ4v) is 2.81. The summed E-state index contributed by atoms with van der Waals surface area (Å²) in [6, 6.07) is 8.41. The Bertz CT molecular complexity index is 558. The highest BCUT2D eigenvalue weighted by Crippen LogP contribution is 2.21. The number of ether oxygens (including phenoxy) is 1. The number of amides is 1. The molecule has 1 aliphatic heterocycles. The van der Waals surface area contributed by atoms with Gasteiger partial charge < -0.3 is 10.1 Å². The summed E-state index contributed by atoms with van der Waals surface area (Å²) in [4.78, 5) is 14.2. The molecule has 2 rings (SSSR count). The number of rotatable bonds is 6. The van der Waals surface area contributed by atoms with Crippen LogP contribution in [-0.2, 0) is 11.3 Å². The summed E-state index contributed by atoms with van der Waals surface area (Å²) < 4.78 is 5.41. The van der Waals surface area contributed by atoms with Gasteiger partial charge in [-0.15, -0.1) is 0 Å². The zero-order valence-corrected chi connectivity index (χ0v) is 14.0. The second kappa shape index (κ2) is 9.16. The zero-order chi connectivity index (χ0) is 16.5. The minimum Gasteiger partial charge on any atom is -0.496 e. The minimum absolute atomic E-state index is 0.00808. The minimum atomic E-state index is -0.00808. The van der Waals surface area contributed by atoms with E-state index < -0.39 is 0 Å². The first-order chi connectivity index (χ1) is 11.2. The molecule has 1 aliphatic rings. The molecule has 1 N–H and O–H groups in total. The van der Waals surface area contributed by atoms with Gasteiger partial charge in [0, 0.05) is 37.3 Å². The van der Waals surface area contributed by atoms with Gasteiger partial charge in [0.15, 0.2) is 0 Å². The van der Waals surface area contributed by atoms with Crippen molar-refractivity contribution < 1.29 is 9.53 Å². The molecule has 0 aromatic heterocycles. The molecular weight excluding hydrogens is 288 g/mol. The molecule has 0 aliphatic carbocycles. The van der Waals surface area contributed by atoms with Gasteiger partial charge in [0.2, 0.25) is 5.91 Å². The van der Waals surface area contributed by atoms with Crippen LogP contribution in [-0.4, -0.2) is 37.0 Å². The number of nitrogens with one attached hydrogen (secondary N) is 1. The zero-order valence-electron chi connectivity index (χ0n) is 14.0. The van der Waals surface area contributed by atoms with Crippen LogP contribution in [0.25, 0.3) is 0 Å². The third-order valence-corrected chi connectivity index (χ3v) is 4.07. The fraction of sp³-hybridized carbons (Fsp3) is 0.421. The van der Waals surface area contributed by atoms with E-state index in [1.165, 1.54) is 5.56 Å². The summed E-state index contributed by atoms with van der Waals surface area (Å²) >= 11 is 0. The van der Waals surface area contributed by atoms with E-state index in [9.17, 15) is 4.79 Å². The molecule has 0 spiro atoms. The highest BCUT2D eigenvalue weighted by Gasteiger charge is 2.20. The number of methoxy groups -OCH3 is 1. The summed E-state index contributed by atoms with van der Waals surface area (Å²) in [6.07, 6.45) is 9.08. The number of carbonyl (C=O) groups is 1. The highest BCUT2D eigenvalue weighted by atomic mass is 16.5. The first-order valence-electron chi connectivity index (χ1n) is 8.17. The van der Waals surface area contributed by atoms with E-state index in [1.807, 2.05) is 37.3 Å². The molecule has 4 nitrogen and oxygen atoms in total. The van der Waals surface area contributed by atoms with Crippen molar-refractivity contribution in [2.75, 3.05) is 20.2 Å². The molecule has 0 bridgehead atoms. The molecule has 124 valence electrons. The lowest BCUT2D eigenvalue weighted by Gasteiger charge is -2.32. The van der Waals surface area contributed by atoms with E-state index in [0.29, 0.717) is 0 Å². The molecule has 0 unspecified atom stereocenters. The average Bonchev–Trinajstić information content (AvgIpc) is 2.57. The molecule has 1 aromatic carbocycles. The van der Waals surface area contributed by atoms with Crippen molar-refractivity contribution in [3.63, 3.8) is 0 Å². The van der Waals surface area contributed by atoms with Crippen LogP contribution in [0.15, 0.2) is 48.6 Å². The molecule has 1 fully saturated rings. The van der Waals surface area contributed by atoms with Gasteiger partial charge in [0.05, 0.1) is 7.11 Å². The first-order valence-corrected chi connectivity index (χ1v) is 8.17. The molecule has 0 radical (unpaired) electrons. The Labute approximate surface area is 138 Å². The fourth-order valence-electron chi connectivity index (χ4n) is 2.81. The maximum absolute atomic E-state index is 11.8. The third-order valence-electron chi connectivity index (χ3n) is 4.07. The van der Waals surface area contributed by atoms with E-state index in [0.717, 1.165) is 38.2 Å². The van der Waals surface area contributed by atoms with Crippen molar-refractivity contribution in [2.45, 2.75) is 32.4 Å². The maximum atomic E-state index is 11.8. The summed E-state index contributed by atoms with van der Waals surface area (Å²) in [5, 5.41) is 3.07. The number of benzene rings is 1. The van der Waals surface area contributed by atoms with Gasteiger partial charge in [-0.25, -0.2) is 0 Å². The Balaban J connectivity index is 1.79. The second-order valence-corrected chi connectivity index (χ2v) is 5.76. The molecule has 23 heavy (non-hydrogen) atoms. The third kappa shape index (κ3) is 5.57. The van der Waals surface area contributed by atoms with Crippen molar-refractivity contribution in [3.05, 3.63) is 54.1 Å². The SMILES string of the molecule is C/C=C/C=C\C(=O)NC1CCN(Cc2ccccc2OC)CC1. The predicted octanol–water partition coefficient (Wildman–Crippen LogP) is 2.91. The van der Waals surface area contributed by atoms with Gasteiger partial charge in [0.25, 0.3) is 0 Å². The molecule has 1 saturated heterocycles. The molecular formula is C19H26N2O2. The van der Waals surface area contributed by atoms with E-state index in [-0.39, 0.29) is 11.9 Å². The van der Waals surface area contributed by atoms with Gasteiger partial charge in [0.1, 0.15) is 5.75 Å². The normalized spacial score (nSPS) is 17.0. The average molecular weight is 314 g/mol. The maximum Gasteiger partial charge on any atom is 0.244 e. The van der Waals surface area contributed by atoms with Crippen LogP contribution < -0.4 is 10.1 Å². The van der Waals surface area contributed by atoms with Crippen molar-refractivity contribution >= 4 is 5.91 Å². The van der Waals surface area contributed by atoms with Crippen LogP contribution in [0.3, 0.4) is 0 Å². The number of piperidine rings is 1. The Morgan fingerprint density at radius 3 is 2.74 bits per heavy atom. The van der Waals surface area contributed by atoms with E-state index in [2.05, 4.69) is 16.3 Å². The number of allylic oxidation sites excluding steroid dienone is 3. The van der Waals surface area contributed by atoms with Crippen molar-refractivity contribution in [2.24, 2.45) is 0 Å². The number of hydrogen-bond donors (Lipinski definition) is 1. The molecule has 4 heteroatoms. The molecule has 0 atom stereocenters. The van der Waals surface area contributed by atoms with E-state index >= 15 is 0 Å². The quantitative estimate of drug-likeness (QED) is 0.648. The van der Waals surface area contributed by atoms with Crippen LogP contribution in [0.2, 0.25) is 0 Å². The Morgan fingerprint density at radius 1 is 1.30 bits per heavy atom. The topological polar surface area (TPSA) is 41.6 Å². The first kappa shape index (κ1) is 17.3. The van der Waals surface area contributed by atoms with Gasteiger partial charge in [-0.05, 0) is 25.8 Å². The number of nitrogens with zero attached hydrogens (tertiary/aromatic N) is 1. The summed E-state index contributed by atoms with van der Waals surface area (Å²) in [5.41, 5.74) is 1.21. The lowest BCUT2D eigenvalue weighted by atomic mass is 10.0. The molecule has 0 saturated carbocycles. The summed E-state index contributed by atoms with van der Waals surface area (Å²) in [6.45, 7) is 4.80. The predicted molar refractivity (Wildman–Crippen MR) is 93.4 cm³/mol. The van der Waals surface area contributed by atoms with Crippen LogP contribution >= 0.6 is 0 Å². The van der Waals surface area contributed by atoms with Gasteiger partial charge in [-0.1, -0.05) is 36.4 Å². The summed E-state index contributed by atoms with van der Waals surface area (Å²) in [5.74, 6) is 0.934. The van der Waals surface area contributed by atoms with Gasteiger partial charge >= 0.3 is 0 Å². The van der Waals surface area contributed by atoms with Crippen molar-refractivity contribution in [3.8, 4) is 5.75 Å². The standard InChI is InChI=1S/C19H26N2O2/c1-3-4-5-10-19(22)20-17-11-13-21(14-12-17)15-16-8-6-7-9-18(16)23-2/h3-10,17H,11-15H2,1-2H3,(H,20,22)/b4-3+,10-5-. The molecule has 1 amide bonds. The second-order valence-electron chi connectivity index (χ2n) is 5.76. The highest BCUT2D eigenvalue weighted by molar-refractivity contribution is 5.87. The summed E-state index contributed by atoms with van der Waals surface area (Å²) in [7, 11) is 1.71. The lowest BCUT2D eigenvalue weighted by molar-refractivity contribution is -0.117. The smallest absolute Gasteiger partial charge is 0.244 e. The number of carbonyl (C=O) groups excluding carboxylic acids is 1. The molecule has 1 aromatic rings. The largest absolute Gasteiger partial charge is 0.496 e. The Kier molecular flexibility index (Phi) is 6.88. The van der Waals surface area contributed by atoms with Gasteiger partial charge in [-0.3, -0.25) is 9.69 Å². The van der Waals surface area contributed by atoms with Crippen molar-refractivity contribution in [1.82, 2.24) is 10.2 Å². The van der Waals surface area contributed by atoms with Crippen LogP contribution in [0.5, 0.6) is 5.75 Å². The van der Waals surface area contributed by atoms with Crippen molar-refractivity contribution in [1.29, 1.82) is 0 Å². The number of hydrogen-bond acceptors (Lipinski definition) is 3. The van der Waals surface area contributed by atoms with Crippen LogP contribution in [0.4, 0.5) is 0 Å². The number of para-hydroxylation sites is 1. The van der Waals surface area contributed by atoms with E-state index in [4.69, 9.17) is 4.74 Å². The number of likely N-dealkylation sites (tertiary alicyclic amines) is 1. The monoisotopic (exact) mass is 314 g/mol. The van der Waals surface area contributed by atoms with Crippen LogP contribution in [0, 0.1) is 0 Å². The molecule has 1 heterocycles. The van der Waals surface area contributed by atoms with Crippen LogP contribution in [0.1, 0.15) is 25.3 Å². The lowest BCUT2D eigenvalue weighted by Crippen LogP contribution is -2.43. The Hall–Kier alpha value is -2.07. The van der Waals surface area contributed by atoms with E-state index in [1.54, 1.807) is 19.3 Å². The Morgan fingerprint density at radius 2 is 2.04 bits per heavy atom. The van der Waals surface area contributed by atoms with Gasteiger partial charge in [-0.2, -0.15) is 0 Å².